The lowest BCUT2D eigenvalue weighted by atomic mass is 10.2. The monoisotopic (exact) mass is 396 g/mol. The fourth-order valence-electron chi connectivity index (χ4n) is 2.79. The molecule has 0 saturated heterocycles. The summed E-state index contributed by atoms with van der Waals surface area (Å²) in [5.74, 6) is 1.72. The van der Waals surface area contributed by atoms with Crippen LogP contribution in [0.25, 0.3) is 0 Å². The number of nitrogens with one attached hydrogen (secondary N) is 2. The number of anilines is 2. The third-order valence-electron chi connectivity index (χ3n) is 4.31. The summed E-state index contributed by atoms with van der Waals surface area (Å²) < 4.78 is 5.76. The first-order valence-corrected chi connectivity index (χ1v) is 9.50. The zero-order valence-electron chi connectivity index (χ0n) is 16.2. The first kappa shape index (κ1) is 19.1. The van der Waals surface area contributed by atoms with E-state index in [4.69, 9.17) is 4.74 Å². The lowest BCUT2D eigenvalue weighted by Gasteiger charge is -2.09. The molecule has 6 heteroatoms. The van der Waals surface area contributed by atoms with Gasteiger partial charge < -0.3 is 15.4 Å². The van der Waals surface area contributed by atoms with Crippen LogP contribution in [0.5, 0.6) is 11.5 Å². The number of para-hydroxylation sites is 1. The van der Waals surface area contributed by atoms with Gasteiger partial charge in [0, 0.05) is 18.3 Å². The van der Waals surface area contributed by atoms with Gasteiger partial charge in [0.15, 0.2) is 0 Å². The fourth-order valence-corrected chi connectivity index (χ4v) is 2.79. The Morgan fingerprint density at radius 3 is 2.20 bits per heavy atom. The lowest BCUT2D eigenvalue weighted by molar-refractivity contribution is 0.102. The van der Waals surface area contributed by atoms with Gasteiger partial charge in [-0.1, -0.05) is 48.5 Å². The highest BCUT2D eigenvalue weighted by Gasteiger charge is 2.09. The summed E-state index contributed by atoms with van der Waals surface area (Å²) in [6.07, 6.45) is 1.37. The van der Waals surface area contributed by atoms with Crippen LogP contribution in [0, 0.1) is 0 Å². The van der Waals surface area contributed by atoms with Gasteiger partial charge >= 0.3 is 0 Å². The number of nitrogens with zero attached hydrogens (tertiary/aromatic N) is 2. The van der Waals surface area contributed by atoms with Gasteiger partial charge in [0.1, 0.15) is 29.3 Å². The molecule has 4 rings (SSSR count). The molecule has 0 aliphatic carbocycles. The van der Waals surface area contributed by atoms with E-state index >= 15 is 0 Å². The van der Waals surface area contributed by atoms with Crippen molar-refractivity contribution in [2.75, 3.05) is 10.6 Å². The maximum atomic E-state index is 12.6. The summed E-state index contributed by atoms with van der Waals surface area (Å²) in [4.78, 5) is 20.8. The summed E-state index contributed by atoms with van der Waals surface area (Å²) in [6.45, 7) is 0.613. The van der Waals surface area contributed by atoms with E-state index in [0.29, 0.717) is 23.8 Å². The number of ether oxygens (including phenoxy) is 1. The van der Waals surface area contributed by atoms with Crippen LogP contribution in [0.1, 0.15) is 16.1 Å². The largest absolute Gasteiger partial charge is 0.457 e. The Kier molecular flexibility index (Phi) is 5.96. The molecule has 1 heterocycles. The van der Waals surface area contributed by atoms with Crippen molar-refractivity contribution < 1.29 is 9.53 Å². The highest BCUT2D eigenvalue weighted by atomic mass is 16.5. The minimum Gasteiger partial charge on any atom is -0.457 e. The molecule has 6 nitrogen and oxygen atoms in total. The summed E-state index contributed by atoms with van der Waals surface area (Å²) in [5, 5.41) is 6.04. The van der Waals surface area contributed by atoms with Crippen LogP contribution >= 0.6 is 0 Å². The van der Waals surface area contributed by atoms with Gasteiger partial charge in [-0.15, -0.1) is 0 Å². The standard InChI is InChI=1S/C24H20N4O2/c29-24(22-15-23(27-17-26-22)25-16-18-7-3-1-4-8-18)28-19-11-13-21(14-12-19)30-20-9-5-2-6-10-20/h1-15,17H,16H2,(H,28,29)(H,25,26,27). The molecule has 0 aliphatic heterocycles. The summed E-state index contributed by atoms with van der Waals surface area (Å²) >= 11 is 0. The SMILES string of the molecule is O=C(Nc1ccc(Oc2ccccc2)cc1)c1cc(NCc2ccccc2)ncn1. The molecule has 2 N–H and O–H groups in total. The first-order chi connectivity index (χ1) is 14.8. The Balaban J connectivity index is 1.36. The van der Waals surface area contributed by atoms with Crippen molar-refractivity contribution in [3.8, 4) is 11.5 Å². The zero-order chi connectivity index (χ0) is 20.6. The number of hydrogen-bond acceptors (Lipinski definition) is 5. The van der Waals surface area contributed by atoms with Gasteiger partial charge in [-0.05, 0) is 42.0 Å². The number of amides is 1. The van der Waals surface area contributed by atoms with Gasteiger partial charge in [0.25, 0.3) is 5.91 Å². The Labute approximate surface area is 174 Å². The number of hydrogen-bond donors (Lipinski definition) is 2. The number of rotatable bonds is 7. The van der Waals surface area contributed by atoms with E-state index in [1.54, 1.807) is 30.3 Å². The van der Waals surface area contributed by atoms with Gasteiger partial charge in [0.05, 0.1) is 0 Å². The molecule has 0 spiro atoms. The zero-order valence-corrected chi connectivity index (χ0v) is 16.2. The van der Waals surface area contributed by atoms with Crippen LogP contribution in [0.3, 0.4) is 0 Å². The molecule has 1 amide bonds. The molecule has 0 radical (unpaired) electrons. The average molecular weight is 396 g/mol. The van der Waals surface area contributed by atoms with Crippen LogP contribution in [-0.4, -0.2) is 15.9 Å². The van der Waals surface area contributed by atoms with Crippen molar-refractivity contribution in [3.63, 3.8) is 0 Å². The quantitative estimate of drug-likeness (QED) is 0.453. The molecule has 1 aromatic heterocycles. The second-order valence-corrected chi connectivity index (χ2v) is 6.52. The van der Waals surface area contributed by atoms with Crippen molar-refractivity contribution in [2.45, 2.75) is 6.54 Å². The summed E-state index contributed by atoms with van der Waals surface area (Å²) in [6, 6.07) is 28.3. The smallest absolute Gasteiger partial charge is 0.274 e. The Morgan fingerprint density at radius 1 is 0.800 bits per heavy atom. The minimum atomic E-state index is -0.308. The lowest BCUT2D eigenvalue weighted by Crippen LogP contribution is -2.14. The third kappa shape index (κ3) is 5.20. The highest BCUT2D eigenvalue weighted by Crippen LogP contribution is 2.22. The fraction of sp³-hybridized carbons (Fsp3) is 0.0417. The van der Waals surface area contributed by atoms with Crippen LogP contribution in [-0.2, 0) is 6.54 Å². The van der Waals surface area contributed by atoms with Crippen LogP contribution in [0.15, 0.2) is 97.3 Å². The molecule has 0 unspecified atom stereocenters. The second kappa shape index (κ2) is 9.34. The van der Waals surface area contributed by atoms with Gasteiger partial charge in [-0.25, -0.2) is 9.97 Å². The van der Waals surface area contributed by atoms with E-state index in [0.717, 1.165) is 11.3 Å². The number of carbonyl (C=O) groups is 1. The van der Waals surface area contributed by atoms with Crippen molar-refractivity contribution in [1.82, 2.24) is 9.97 Å². The predicted octanol–water partition coefficient (Wildman–Crippen LogP) is 5.13. The predicted molar refractivity (Wildman–Crippen MR) is 117 cm³/mol. The molecule has 0 fully saturated rings. The molecular formula is C24H20N4O2. The van der Waals surface area contributed by atoms with E-state index in [1.165, 1.54) is 6.33 Å². The second-order valence-electron chi connectivity index (χ2n) is 6.52. The summed E-state index contributed by atoms with van der Waals surface area (Å²) in [5.41, 5.74) is 2.06. The molecule has 148 valence electrons. The van der Waals surface area contributed by atoms with Crippen LogP contribution < -0.4 is 15.4 Å². The van der Waals surface area contributed by atoms with Crippen molar-refractivity contribution in [1.29, 1.82) is 0 Å². The minimum absolute atomic E-state index is 0.283. The molecule has 3 aromatic carbocycles. The molecular weight excluding hydrogens is 376 g/mol. The molecule has 0 saturated carbocycles. The molecule has 0 bridgehead atoms. The summed E-state index contributed by atoms with van der Waals surface area (Å²) in [7, 11) is 0. The Bertz CT molecular complexity index is 1100. The van der Waals surface area contributed by atoms with E-state index in [-0.39, 0.29) is 11.6 Å². The van der Waals surface area contributed by atoms with Crippen molar-refractivity contribution in [3.05, 3.63) is 109 Å². The maximum Gasteiger partial charge on any atom is 0.274 e. The maximum absolute atomic E-state index is 12.6. The van der Waals surface area contributed by atoms with E-state index in [1.807, 2.05) is 60.7 Å². The Hall–Kier alpha value is -4.19. The molecule has 4 aromatic rings. The third-order valence-corrected chi connectivity index (χ3v) is 4.31. The normalized spacial score (nSPS) is 10.3. The van der Waals surface area contributed by atoms with Gasteiger partial charge in [0.2, 0.25) is 0 Å². The van der Waals surface area contributed by atoms with Crippen LogP contribution in [0.2, 0.25) is 0 Å². The number of aromatic nitrogens is 2. The van der Waals surface area contributed by atoms with Gasteiger partial charge in [-0.3, -0.25) is 4.79 Å². The topological polar surface area (TPSA) is 76.1 Å². The molecule has 0 aliphatic rings. The van der Waals surface area contributed by atoms with E-state index in [2.05, 4.69) is 20.6 Å². The Morgan fingerprint density at radius 2 is 1.47 bits per heavy atom. The molecule has 0 atom stereocenters. The van der Waals surface area contributed by atoms with Crippen molar-refractivity contribution in [2.24, 2.45) is 0 Å². The van der Waals surface area contributed by atoms with Gasteiger partial charge in [-0.2, -0.15) is 0 Å². The first-order valence-electron chi connectivity index (χ1n) is 9.50. The average Bonchev–Trinajstić information content (AvgIpc) is 2.80. The van der Waals surface area contributed by atoms with Crippen LogP contribution in [0.4, 0.5) is 11.5 Å². The van der Waals surface area contributed by atoms with E-state index < -0.39 is 0 Å². The van der Waals surface area contributed by atoms with Crippen molar-refractivity contribution >= 4 is 17.4 Å². The number of benzene rings is 3. The number of carbonyl (C=O) groups excluding carboxylic acids is 1. The highest BCUT2D eigenvalue weighted by molar-refractivity contribution is 6.03. The van der Waals surface area contributed by atoms with E-state index in [9.17, 15) is 4.79 Å². The molecule has 30 heavy (non-hydrogen) atoms.